The van der Waals surface area contributed by atoms with Crippen molar-refractivity contribution in [3.05, 3.63) is 12.2 Å². The lowest BCUT2D eigenvalue weighted by Crippen LogP contribution is -2.39. The van der Waals surface area contributed by atoms with Gasteiger partial charge < -0.3 is 15.2 Å². The molecule has 0 amide bonds. The molecule has 0 unspecified atom stereocenters. The third kappa shape index (κ3) is 6.99. The number of sulfonamides is 1. The van der Waals surface area contributed by atoms with E-state index < -0.39 is 10.0 Å². The summed E-state index contributed by atoms with van der Waals surface area (Å²) in [5.74, 6) is 1.56. The minimum atomic E-state index is -3.25. The van der Waals surface area contributed by atoms with Gasteiger partial charge in [-0.05, 0) is 6.92 Å². The average molecular weight is 374 g/mol. The third-order valence-corrected chi connectivity index (χ3v) is 5.72. The summed E-state index contributed by atoms with van der Waals surface area (Å²) >= 11 is 0. The molecule has 144 valence electrons. The van der Waals surface area contributed by atoms with Crippen LogP contribution in [0.25, 0.3) is 0 Å². The lowest BCUT2D eigenvalue weighted by Gasteiger charge is -2.18. The van der Waals surface area contributed by atoms with Crippen LogP contribution < -0.4 is 10.6 Å². The quantitative estimate of drug-likeness (QED) is 0.420. The predicted octanol–water partition coefficient (Wildman–Crippen LogP) is 0.0672. The molecule has 0 atom stereocenters. The van der Waals surface area contributed by atoms with Gasteiger partial charge >= 0.3 is 0 Å². The van der Waals surface area contributed by atoms with E-state index in [0.29, 0.717) is 32.1 Å². The Morgan fingerprint density at radius 1 is 1.24 bits per heavy atom. The number of hydrogen-bond acceptors (Lipinski definition) is 5. The first-order valence-corrected chi connectivity index (χ1v) is 10.5. The van der Waals surface area contributed by atoms with Crippen molar-refractivity contribution in [3.8, 4) is 0 Å². The van der Waals surface area contributed by atoms with Gasteiger partial charge in [-0.3, -0.25) is 4.99 Å². The van der Waals surface area contributed by atoms with Crippen LogP contribution >= 0.6 is 0 Å². The molecule has 0 saturated heterocycles. The molecule has 0 aliphatic heterocycles. The fourth-order valence-corrected chi connectivity index (χ4v) is 3.76. The largest absolute Gasteiger partial charge is 0.357 e. The Bertz CT molecular complexity index is 624. The van der Waals surface area contributed by atoms with Gasteiger partial charge in [-0.2, -0.15) is 0 Å². The summed E-state index contributed by atoms with van der Waals surface area (Å²) in [6.45, 7) is 11.0. The SMILES string of the molecule is CCNC(=NCCS(=O)(=O)N(CC)CC)NCCn1cnnc1CC. The fourth-order valence-electron chi connectivity index (χ4n) is 2.39. The molecule has 0 aliphatic rings. The number of aliphatic imine (C=N–C) groups is 1. The van der Waals surface area contributed by atoms with Crippen LogP contribution in [0.15, 0.2) is 11.3 Å². The lowest BCUT2D eigenvalue weighted by molar-refractivity contribution is 0.445. The summed E-state index contributed by atoms with van der Waals surface area (Å²) in [6, 6.07) is 0. The molecule has 0 saturated carbocycles. The van der Waals surface area contributed by atoms with Crippen molar-refractivity contribution in [2.45, 2.75) is 40.7 Å². The highest BCUT2D eigenvalue weighted by Gasteiger charge is 2.17. The second kappa shape index (κ2) is 11.0. The van der Waals surface area contributed by atoms with Crippen molar-refractivity contribution in [2.24, 2.45) is 4.99 Å². The summed E-state index contributed by atoms with van der Waals surface area (Å²) in [6.07, 6.45) is 2.54. The Hall–Kier alpha value is -1.68. The summed E-state index contributed by atoms with van der Waals surface area (Å²) in [5.41, 5.74) is 0. The van der Waals surface area contributed by atoms with Gasteiger partial charge in [0.25, 0.3) is 0 Å². The van der Waals surface area contributed by atoms with Crippen molar-refractivity contribution >= 4 is 16.0 Å². The molecule has 0 radical (unpaired) electrons. The highest BCUT2D eigenvalue weighted by Crippen LogP contribution is 2.00. The topological polar surface area (TPSA) is 105 Å². The summed E-state index contributed by atoms with van der Waals surface area (Å²) in [4.78, 5) is 4.36. The Balaban J connectivity index is 2.53. The van der Waals surface area contributed by atoms with Gasteiger partial charge in [0.05, 0.1) is 12.3 Å². The maximum absolute atomic E-state index is 12.2. The highest BCUT2D eigenvalue weighted by atomic mass is 32.2. The Kier molecular flexibility index (Phi) is 9.43. The molecule has 1 aromatic heterocycles. The Morgan fingerprint density at radius 3 is 2.56 bits per heavy atom. The number of aromatic nitrogens is 3. The van der Waals surface area contributed by atoms with E-state index in [9.17, 15) is 8.42 Å². The van der Waals surface area contributed by atoms with E-state index in [1.165, 1.54) is 4.31 Å². The first-order chi connectivity index (χ1) is 12.0. The smallest absolute Gasteiger partial charge is 0.215 e. The number of nitrogens with one attached hydrogen (secondary N) is 2. The average Bonchev–Trinajstić information content (AvgIpc) is 3.03. The molecule has 25 heavy (non-hydrogen) atoms. The van der Waals surface area contributed by atoms with Crippen molar-refractivity contribution in [1.82, 2.24) is 29.7 Å². The molecular weight excluding hydrogens is 342 g/mol. The number of guanidine groups is 1. The van der Waals surface area contributed by atoms with E-state index in [2.05, 4.69) is 25.8 Å². The normalized spacial score (nSPS) is 12.6. The molecule has 10 heteroatoms. The van der Waals surface area contributed by atoms with Gasteiger partial charge in [-0.25, -0.2) is 12.7 Å². The second-order valence-corrected chi connectivity index (χ2v) is 7.47. The molecule has 1 heterocycles. The molecule has 0 spiro atoms. The van der Waals surface area contributed by atoms with Crippen LogP contribution in [0.5, 0.6) is 0 Å². The zero-order valence-electron chi connectivity index (χ0n) is 15.7. The van der Waals surface area contributed by atoms with E-state index in [4.69, 9.17) is 0 Å². The molecule has 1 aromatic rings. The first kappa shape index (κ1) is 21.4. The van der Waals surface area contributed by atoms with Gasteiger partial charge in [0.1, 0.15) is 12.2 Å². The fraction of sp³-hybridized carbons (Fsp3) is 0.800. The molecule has 0 bridgehead atoms. The van der Waals surface area contributed by atoms with Crippen LogP contribution in [0.4, 0.5) is 0 Å². The summed E-state index contributed by atoms with van der Waals surface area (Å²) in [7, 11) is -3.25. The molecule has 9 nitrogen and oxygen atoms in total. The van der Waals surface area contributed by atoms with Gasteiger partial charge in [-0.1, -0.05) is 20.8 Å². The molecular formula is C15H31N7O2S. The van der Waals surface area contributed by atoms with Crippen molar-refractivity contribution in [2.75, 3.05) is 38.5 Å². The highest BCUT2D eigenvalue weighted by molar-refractivity contribution is 7.89. The van der Waals surface area contributed by atoms with Crippen LogP contribution in [0.2, 0.25) is 0 Å². The van der Waals surface area contributed by atoms with Crippen LogP contribution in [0.3, 0.4) is 0 Å². The van der Waals surface area contributed by atoms with Gasteiger partial charge in [-0.15, -0.1) is 10.2 Å². The predicted molar refractivity (Wildman–Crippen MR) is 100 cm³/mol. The monoisotopic (exact) mass is 373 g/mol. The minimum Gasteiger partial charge on any atom is -0.357 e. The Morgan fingerprint density at radius 2 is 1.96 bits per heavy atom. The van der Waals surface area contributed by atoms with Crippen LogP contribution in [-0.2, 0) is 23.0 Å². The van der Waals surface area contributed by atoms with Gasteiger partial charge in [0.15, 0.2) is 5.96 Å². The lowest BCUT2D eigenvalue weighted by atomic mass is 10.4. The Labute approximate surface area is 151 Å². The van der Waals surface area contributed by atoms with Gasteiger partial charge in [0.2, 0.25) is 10.0 Å². The summed E-state index contributed by atoms with van der Waals surface area (Å²) in [5, 5.41) is 14.3. The van der Waals surface area contributed by atoms with E-state index >= 15 is 0 Å². The zero-order chi connectivity index (χ0) is 18.7. The summed E-state index contributed by atoms with van der Waals surface area (Å²) < 4.78 is 27.8. The van der Waals surface area contributed by atoms with Crippen LogP contribution in [0.1, 0.15) is 33.5 Å². The molecule has 2 N–H and O–H groups in total. The van der Waals surface area contributed by atoms with Crippen molar-refractivity contribution < 1.29 is 8.42 Å². The molecule has 0 aromatic carbocycles. The van der Waals surface area contributed by atoms with E-state index in [1.54, 1.807) is 6.33 Å². The number of aryl methyl sites for hydroxylation is 1. The maximum Gasteiger partial charge on any atom is 0.215 e. The molecule has 0 fully saturated rings. The zero-order valence-corrected chi connectivity index (χ0v) is 16.5. The van der Waals surface area contributed by atoms with E-state index in [1.807, 2.05) is 32.3 Å². The maximum atomic E-state index is 12.2. The molecule has 1 rings (SSSR count). The number of rotatable bonds is 11. The first-order valence-electron chi connectivity index (χ1n) is 8.85. The number of hydrogen-bond donors (Lipinski definition) is 2. The second-order valence-electron chi connectivity index (χ2n) is 5.38. The van der Waals surface area contributed by atoms with Crippen molar-refractivity contribution in [3.63, 3.8) is 0 Å². The minimum absolute atomic E-state index is 0.0106. The van der Waals surface area contributed by atoms with E-state index in [-0.39, 0.29) is 12.3 Å². The van der Waals surface area contributed by atoms with E-state index in [0.717, 1.165) is 18.8 Å². The number of nitrogens with zero attached hydrogens (tertiary/aromatic N) is 5. The molecule has 0 aliphatic carbocycles. The standard InChI is InChI=1S/C15H31N7O2S/c1-5-14-20-19-13-21(14)11-9-17-15(16-6-2)18-10-12-25(23,24)22(7-3)8-4/h13H,5-12H2,1-4H3,(H2,16,17,18). The third-order valence-electron chi connectivity index (χ3n) is 3.72. The van der Waals surface area contributed by atoms with Crippen LogP contribution in [-0.4, -0.2) is 71.9 Å². The van der Waals surface area contributed by atoms with Crippen molar-refractivity contribution in [1.29, 1.82) is 0 Å². The van der Waals surface area contributed by atoms with Crippen LogP contribution in [0, 0.1) is 0 Å². The van der Waals surface area contributed by atoms with Gasteiger partial charge in [0, 0.05) is 39.1 Å².